The fourth-order valence-corrected chi connectivity index (χ4v) is 3.27. The van der Waals surface area contributed by atoms with Gasteiger partial charge >= 0.3 is 11.0 Å². The van der Waals surface area contributed by atoms with Crippen LogP contribution in [0.15, 0.2) is 35.3 Å². The lowest BCUT2D eigenvalue weighted by Crippen LogP contribution is -2.08. The molecule has 10 heteroatoms. The van der Waals surface area contributed by atoms with E-state index in [-0.39, 0.29) is 22.2 Å². The molecule has 3 aromatic rings. The van der Waals surface area contributed by atoms with Crippen molar-refractivity contribution in [2.75, 3.05) is 11.1 Å². The van der Waals surface area contributed by atoms with Gasteiger partial charge in [0.25, 0.3) is 0 Å². The summed E-state index contributed by atoms with van der Waals surface area (Å²) in [5.74, 6) is 0.101. The Morgan fingerprint density at radius 1 is 1.27 bits per heavy atom. The van der Waals surface area contributed by atoms with Crippen molar-refractivity contribution >= 4 is 28.7 Å². The second kappa shape index (κ2) is 6.45. The molecule has 0 bridgehead atoms. The monoisotopic (exact) mass is 381 g/mol. The summed E-state index contributed by atoms with van der Waals surface area (Å²) in [6.45, 7) is 1.79. The van der Waals surface area contributed by atoms with Crippen molar-refractivity contribution in [3.05, 3.63) is 51.4 Å². The topological polar surface area (TPSA) is 85.8 Å². The second-order valence-electron chi connectivity index (χ2n) is 5.57. The van der Waals surface area contributed by atoms with E-state index >= 15 is 0 Å². The molecule has 3 N–H and O–H groups in total. The number of nitrogens with zero attached hydrogens (tertiary/aromatic N) is 3. The molecule has 3 rings (SSSR count). The van der Waals surface area contributed by atoms with Gasteiger partial charge in [-0.1, -0.05) is 11.3 Å². The molecule has 0 unspecified atom stereocenters. The van der Waals surface area contributed by atoms with E-state index in [1.165, 1.54) is 16.8 Å². The lowest BCUT2D eigenvalue weighted by atomic mass is 10.1. The predicted molar refractivity (Wildman–Crippen MR) is 94.5 cm³/mol. The van der Waals surface area contributed by atoms with Crippen LogP contribution in [0.3, 0.4) is 0 Å². The first-order valence-corrected chi connectivity index (χ1v) is 8.21. The molecular formula is C16H14F3N5OS. The van der Waals surface area contributed by atoms with Gasteiger partial charge in [0, 0.05) is 30.3 Å². The van der Waals surface area contributed by atoms with Gasteiger partial charge in [-0.25, -0.2) is 9.97 Å². The number of aromatic nitrogens is 3. The summed E-state index contributed by atoms with van der Waals surface area (Å²) in [4.78, 5) is 20.6. The highest BCUT2D eigenvalue weighted by Crippen LogP contribution is 2.33. The second-order valence-corrected chi connectivity index (χ2v) is 6.54. The van der Waals surface area contributed by atoms with Crippen molar-refractivity contribution in [3.63, 3.8) is 0 Å². The molecule has 0 saturated heterocycles. The third kappa shape index (κ3) is 3.54. The van der Waals surface area contributed by atoms with Crippen LogP contribution in [0.2, 0.25) is 0 Å². The number of nitrogens with one attached hydrogen (secondary N) is 1. The summed E-state index contributed by atoms with van der Waals surface area (Å²) in [5, 5.41) is 2.73. The van der Waals surface area contributed by atoms with Crippen LogP contribution < -0.4 is 15.9 Å². The summed E-state index contributed by atoms with van der Waals surface area (Å²) < 4.78 is 40.2. The Hall–Kier alpha value is -2.88. The molecule has 2 aromatic heterocycles. The summed E-state index contributed by atoms with van der Waals surface area (Å²) in [6, 6.07) is 4.77. The van der Waals surface area contributed by atoms with E-state index in [0.29, 0.717) is 10.6 Å². The van der Waals surface area contributed by atoms with Gasteiger partial charge in [0.2, 0.25) is 5.95 Å². The number of alkyl halides is 3. The fourth-order valence-electron chi connectivity index (χ4n) is 2.32. The molecule has 0 atom stereocenters. The Balaban J connectivity index is 1.96. The molecule has 0 radical (unpaired) electrons. The maximum Gasteiger partial charge on any atom is 0.416 e. The van der Waals surface area contributed by atoms with Crippen LogP contribution in [-0.2, 0) is 13.2 Å². The SMILES string of the molecule is Cc1c(-c2ccnc(Nc3cc(N)cc(C(F)(F)F)c3)n2)sc(=O)n1C. The standard InChI is InChI=1S/C16H14F3N5OS/c1-8-13(26-15(25)24(8)2)12-3-4-21-14(23-12)22-11-6-9(16(17,18)19)5-10(20)7-11/h3-7H,20H2,1-2H3,(H,21,22,23). The molecular weight excluding hydrogens is 367 g/mol. The molecule has 0 amide bonds. The first-order chi connectivity index (χ1) is 12.1. The van der Waals surface area contributed by atoms with E-state index in [4.69, 9.17) is 5.73 Å². The van der Waals surface area contributed by atoms with Gasteiger partial charge < -0.3 is 15.6 Å². The molecule has 136 valence electrons. The van der Waals surface area contributed by atoms with E-state index < -0.39 is 11.7 Å². The summed E-state index contributed by atoms with van der Waals surface area (Å²) >= 11 is 1.04. The highest BCUT2D eigenvalue weighted by atomic mass is 32.1. The van der Waals surface area contributed by atoms with Crippen molar-refractivity contribution in [2.45, 2.75) is 13.1 Å². The molecule has 1 aromatic carbocycles. The van der Waals surface area contributed by atoms with Gasteiger partial charge in [-0.3, -0.25) is 4.79 Å². The Bertz CT molecular complexity index is 1030. The lowest BCUT2D eigenvalue weighted by Gasteiger charge is -2.11. The smallest absolute Gasteiger partial charge is 0.399 e. The Morgan fingerprint density at radius 2 is 2.00 bits per heavy atom. The first-order valence-electron chi connectivity index (χ1n) is 7.40. The fraction of sp³-hybridized carbons (Fsp3) is 0.188. The third-order valence-corrected chi connectivity index (χ3v) is 4.88. The van der Waals surface area contributed by atoms with E-state index in [1.807, 2.05) is 0 Å². The molecule has 0 aliphatic heterocycles. The van der Waals surface area contributed by atoms with Gasteiger partial charge in [-0.05, 0) is 31.2 Å². The number of benzene rings is 1. The molecule has 0 fully saturated rings. The van der Waals surface area contributed by atoms with E-state index in [2.05, 4.69) is 15.3 Å². The Morgan fingerprint density at radius 3 is 2.62 bits per heavy atom. The van der Waals surface area contributed by atoms with Gasteiger partial charge in [-0.2, -0.15) is 13.2 Å². The number of rotatable bonds is 3. The van der Waals surface area contributed by atoms with Crippen LogP contribution >= 0.6 is 11.3 Å². The lowest BCUT2D eigenvalue weighted by molar-refractivity contribution is -0.137. The van der Waals surface area contributed by atoms with Crippen molar-refractivity contribution in [1.29, 1.82) is 0 Å². The minimum atomic E-state index is -4.51. The molecule has 6 nitrogen and oxygen atoms in total. The van der Waals surface area contributed by atoms with Crippen molar-refractivity contribution in [2.24, 2.45) is 7.05 Å². The van der Waals surface area contributed by atoms with E-state index in [1.54, 1.807) is 20.0 Å². The maximum absolute atomic E-state index is 12.9. The molecule has 0 aliphatic rings. The molecule has 0 spiro atoms. The summed E-state index contributed by atoms with van der Waals surface area (Å²) in [5.41, 5.74) is 6.02. The number of halogens is 3. The van der Waals surface area contributed by atoms with Gasteiger partial charge in [0.1, 0.15) is 0 Å². The minimum absolute atomic E-state index is 0.0318. The average Bonchev–Trinajstić information content (AvgIpc) is 2.81. The van der Waals surface area contributed by atoms with Crippen LogP contribution in [0.4, 0.5) is 30.5 Å². The third-order valence-electron chi connectivity index (χ3n) is 3.72. The van der Waals surface area contributed by atoms with Gasteiger partial charge in [0.15, 0.2) is 0 Å². The quantitative estimate of drug-likeness (QED) is 0.678. The summed E-state index contributed by atoms with van der Waals surface area (Å²) in [6.07, 6.45) is -3.05. The number of hydrogen-bond acceptors (Lipinski definition) is 6. The zero-order valence-electron chi connectivity index (χ0n) is 13.8. The average molecular weight is 381 g/mol. The predicted octanol–water partition coefficient (Wildman–Crippen LogP) is 3.56. The highest BCUT2D eigenvalue weighted by molar-refractivity contribution is 7.13. The van der Waals surface area contributed by atoms with Crippen LogP contribution in [-0.4, -0.2) is 14.5 Å². The zero-order valence-corrected chi connectivity index (χ0v) is 14.6. The normalized spacial score (nSPS) is 11.6. The van der Waals surface area contributed by atoms with E-state index in [0.717, 1.165) is 29.2 Å². The largest absolute Gasteiger partial charge is 0.416 e. The zero-order chi connectivity index (χ0) is 19.1. The van der Waals surface area contributed by atoms with Crippen molar-refractivity contribution < 1.29 is 13.2 Å². The number of nitrogen functional groups attached to an aromatic ring is 1. The molecule has 0 aliphatic carbocycles. The maximum atomic E-state index is 12.9. The number of thiazole rings is 1. The van der Waals surface area contributed by atoms with Crippen LogP contribution in [0.1, 0.15) is 11.3 Å². The molecule has 0 saturated carbocycles. The van der Waals surface area contributed by atoms with E-state index in [9.17, 15) is 18.0 Å². The van der Waals surface area contributed by atoms with Crippen LogP contribution in [0, 0.1) is 6.92 Å². The molecule has 26 heavy (non-hydrogen) atoms. The van der Waals surface area contributed by atoms with Gasteiger partial charge in [-0.15, -0.1) is 0 Å². The van der Waals surface area contributed by atoms with Gasteiger partial charge in [0.05, 0.1) is 16.1 Å². The van der Waals surface area contributed by atoms with Crippen LogP contribution in [0.25, 0.3) is 10.6 Å². The van der Waals surface area contributed by atoms with Crippen molar-refractivity contribution in [1.82, 2.24) is 14.5 Å². The summed E-state index contributed by atoms with van der Waals surface area (Å²) in [7, 11) is 1.66. The van der Waals surface area contributed by atoms with Crippen molar-refractivity contribution in [3.8, 4) is 10.6 Å². The number of anilines is 3. The number of hydrogen-bond donors (Lipinski definition) is 2. The Labute approximate surface area is 150 Å². The minimum Gasteiger partial charge on any atom is -0.399 e. The van der Waals surface area contributed by atoms with Crippen LogP contribution in [0.5, 0.6) is 0 Å². The molecule has 2 heterocycles. The Kier molecular flexibility index (Phi) is 4.45. The highest BCUT2D eigenvalue weighted by Gasteiger charge is 2.31. The number of nitrogens with two attached hydrogens (primary N) is 1. The first kappa shape index (κ1) is 17.9.